The molecule has 0 unspecified atom stereocenters. The summed E-state index contributed by atoms with van der Waals surface area (Å²) in [5.41, 5.74) is -1.52. The van der Waals surface area contributed by atoms with Gasteiger partial charge in [-0.3, -0.25) is 19.1 Å². The summed E-state index contributed by atoms with van der Waals surface area (Å²) in [6.45, 7) is 0.471. The largest absolute Gasteiger partial charge is 0.497 e. The topological polar surface area (TPSA) is 111 Å². The second kappa shape index (κ2) is 8.82. The zero-order chi connectivity index (χ0) is 19.1. The van der Waals surface area contributed by atoms with Gasteiger partial charge in [0.15, 0.2) is 5.78 Å². The molecule has 0 saturated heterocycles. The first-order chi connectivity index (χ1) is 12.5. The van der Waals surface area contributed by atoms with Crippen LogP contribution in [0.3, 0.4) is 0 Å². The minimum absolute atomic E-state index is 0.106. The van der Waals surface area contributed by atoms with Crippen LogP contribution in [0.25, 0.3) is 6.08 Å². The maximum atomic E-state index is 12.4. The van der Waals surface area contributed by atoms with E-state index in [1.54, 1.807) is 24.3 Å². The average molecular weight is 360 g/mol. The number of benzene rings is 1. The molecule has 8 nitrogen and oxygen atoms in total. The zero-order valence-corrected chi connectivity index (χ0v) is 14.5. The van der Waals surface area contributed by atoms with Crippen molar-refractivity contribution in [2.24, 2.45) is 0 Å². The van der Waals surface area contributed by atoms with Gasteiger partial charge in [-0.1, -0.05) is 18.2 Å². The van der Waals surface area contributed by atoms with E-state index >= 15 is 0 Å². The van der Waals surface area contributed by atoms with Gasteiger partial charge >= 0.3 is 5.69 Å². The van der Waals surface area contributed by atoms with Crippen molar-refractivity contribution in [2.75, 3.05) is 20.8 Å². The number of allylic oxidation sites excluding steroid dienone is 1. The molecule has 0 atom stereocenters. The van der Waals surface area contributed by atoms with Gasteiger partial charge in [0.1, 0.15) is 11.3 Å². The van der Waals surface area contributed by atoms with Crippen molar-refractivity contribution in [1.29, 1.82) is 0 Å². The van der Waals surface area contributed by atoms with Gasteiger partial charge in [-0.25, -0.2) is 4.79 Å². The molecule has 0 aliphatic heterocycles. The highest BCUT2D eigenvalue weighted by Gasteiger charge is 2.19. The number of nitrogens with zero attached hydrogens (tertiary/aromatic N) is 1. The average Bonchev–Trinajstić information content (AvgIpc) is 2.62. The quantitative estimate of drug-likeness (QED) is 0.415. The summed E-state index contributed by atoms with van der Waals surface area (Å²) in [6.07, 6.45) is 3.08. The van der Waals surface area contributed by atoms with Crippen molar-refractivity contribution in [2.45, 2.75) is 13.0 Å². The molecule has 2 N–H and O–H groups in total. The number of aromatic hydroxyl groups is 1. The highest BCUT2D eigenvalue weighted by molar-refractivity contribution is 6.08. The van der Waals surface area contributed by atoms with Crippen molar-refractivity contribution in [3.05, 3.63) is 62.3 Å². The van der Waals surface area contributed by atoms with Crippen molar-refractivity contribution in [1.82, 2.24) is 9.55 Å². The molecule has 2 rings (SSSR count). The molecule has 1 aromatic carbocycles. The van der Waals surface area contributed by atoms with Crippen molar-refractivity contribution in [3.8, 4) is 11.6 Å². The molecule has 0 bridgehead atoms. The Kier molecular flexibility index (Phi) is 6.51. The number of H-pyrrole nitrogens is 1. The summed E-state index contributed by atoms with van der Waals surface area (Å²) in [5, 5.41) is 10.2. The van der Waals surface area contributed by atoms with Crippen molar-refractivity contribution < 1.29 is 19.4 Å². The minimum Gasteiger partial charge on any atom is -0.497 e. The van der Waals surface area contributed by atoms with Crippen LogP contribution in [-0.4, -0.2) is 41.3 Å². The molecule has 0 aliphatic carbocycles. The number of nitrogens with one attached hydrogen (secondary N) is 1. The first-order valence-electron chi connectivity index (χ1n) is 7.89. The molecule has 0 amide bonds. The van der Waals surface area contributed by atoms with Crippen LogP contribution in [0, 0.1) is 0 Å². The van der Waals surface area contributed by atoms with Crippen LogP contribution >= 0.6 is 0 Å². The number of aromatic nitrogens is 2. The molecule has 2 aromatic rings. The molecule has 0 aliphatic rings. The maximum absolute atomic E-state index is 12.4. The second-order valence-electron chi connectivity index (χ2n) is 5.43. The fourth-order valence-electron chi connectivity index (χ4n) is 2.36. The molecule has 1 heterocycles. The standard InChI is InChI=1S/C18H20N2O6/c1-25-10-4-9-20-17(23)15(16(22)19-18(20)24)14(21)8-7-12-5-3-6-13(11-12)26-2/h3,5-8,11,23H,4,9-10H2,1-2H3,(H,19,22,24). The number of hydrogen-bond donors (Lipinski definition) is 2. The van der Waals surface area contributed by atoms with E-state index in [1.165, 1.54) is 20.3 Å². The summed E-state index contributed by atoms with van der Waals surface area (Å²) in [5.74, 6) is -0.755. The molecular formula is C18H20N2O6. The van der Waals surface area contributed by atoms with E-state index in [1.807, 2.05) is 4.98 Å². The monoisotopic (exact) mass is 360 g/mol. The Morgan fingerprint density at radius 1 is 1.31 bits per heavy atom. The number of rotatable bonds is 8. The molecule has 0 spiro atoms. The lowest BCUT2D eigenvalue weighted by atomic mass is 10.1. The van der Waals surface area contributed by atoms with Crippen LogP contribution < -0.4 is 16.0 Å². The molecule has 0 fully saturated rings. The van der Waals surface area contributed by atoms with Crippen LogP contribution in [0.15, 0.2) is 39.9 Å². The Balaban J connectivity index is 2.33. The molecule has 0 saturated carbocycles. The zero-order valence-electron chi connectivity index (χ0n) is 14.5. The minimum atomic E-state index is -0.934. The van der Waals surface area contributed by atoms with E-state index < -0.39 is 28.5 Å². The van der Waals surface area contributed by atoms with Crippen LogP contribution in [-0.2, 0) is 11.3 Å². The van der Waals surface area contributed by atoms with E-state index in [9.17, 15) is 19.5 Å². The molecule has 138 valence electrons. The first kappa shape index (κ1) is 19.2. The SMILES string of the molecule is COCCCn1c(O)c(C(=O)C=Cc2cccc(OC)c2)c(=O)[nH]c1=O. The molecule has 0 radical (unpaired) electrons. The van der Waals surface area contributed by atoms with Crippen LogP contribution in [0.1, 0.15) is 22.3 Å². The summed E-state index contributed by atoms with van der Waals surface area (Å²) >= 11 is 0. The van der Waals surface area contributed by atoms with Gasteiger partial charge in [0.25, 0.3) is 5.56 Å². The van der Waals surface area contributed by atoms with Crippen LogP contribution in [0.2, 0.25) is 0 Å². The fourth-order valence-corrected chi connectivity index (χ4v) is 2.36. The highest BCUT2D eigenvalue weighted by Crippen LogP contribution is 2.16. The third kappa shape index (κ3) is 4.48. The highest BCUT2D eigenvalue weighted by atomic mass is 16.5. The summed E-state index contributed by atoms with van der Waals surface area (Å²) in [6, 6.07) is 6.97. The molecule has 8 heteroatoms. The normalized spacial score (nSPS) is 11.0. The predicted octanol–water partition coefficient (Wildman–Crippen LogP) is 1.18. The molecule has 1 aromatic heterocycles. The van der Waals surface area contributed by atoms with Crippen LogP contribution in [0.5, 0.6) is 11.6 Å². The van der Waals surface area contributed by atoms with E-state index in [0.29, 0.717) is 24.3 Å². The Hall–Kier alpha value is -3.13. The van der Waals surface area contributed by atoms with E-state index in [2.05, 4.69) is 0 Å². The fraction of sp³-hybridized carbons (Fsp3) is 0.278. The van der Waals surface area contributed by atoms with E-state index in [4.69, 9.17) is 9.47 Å². The predicted molar refractivity (Wildman–Crippen MR) is 95.8 cm³/mol. The Morgan fingerprint density at radius 2 is 2.08 bits per heavy atom. The molecule has 26 heavy (non-hydrogen) atoms. The third-order valence-electron chi connectivity index (χ3n) is 3.67. The van der Waals surface area contributed by atoms with Gasteiger partial charge in [0.05, 0.1) is 7.11 Å². The van der Waals surface area contributed by atoms with Crippen molar-refractivity contribution in [3.63, 3.8) is 0 Å². The Morgan fingerprint density at radius 3 is 2.77 bits per heavy atom. The van der Waals surface area contributed by atoms with Crippen LogP contribution in [0.4, 0.5) is 0 Å². The van der Waals surface area contributed by atoms with Gasteiger partial charge < -0.3 is 14.6 Å². The Labute approximate surface area is 149 Å². The number of hydrogen-bond acceptors (Lipinski definition) is 6. The van der Waals surface area contributed by atoms with Gasteiger partial charge in [-0.2, -0.15) is 0 Å². The lowest BCUT2D eigenvalue weighted by Gasteiger charge is -2.09. The number of ketones is 1. The van der Waals surface area contributed by atoms with Gasteiger partial charge in [0.2, 0.25) is 5.88 Å². The maximum Gasteiger partial charge on any atom is 0.331 e. The van der Waals surface area contributed by atoms with E-state index in [-0.39, 0.29) is 6.54 Å². The van der Waals surface area contributed by atoms with Gasteiger partial charge in [-0.05, 0) is 30.2 Å². The smallest absolute Gasteiger partial charge is 0.331 e. The summed E-state index contributed by atoms with van der Waals surface area (Å²) in [4.78, 5) is 38.2. The summed E-state index contributed by atoms with van der Waals surface area (Å²) in [7, 11) is 3.03. The number of carbonyl (C=O) groups excluding carboxylic acids is 1. The number of ether oxygens (including phenoxy) is 2. The first-order valence-corrected chi connectivity index (χ1v) is 7.89. The van der Waals surface area contributed by atoms with Gasteiger partial charge in [-0.15, -0.1) is 0 Å². The number of aromatic amines is 1. The van der Waals surface area contributed by atoms with E-state index in [0.717, 1.165) is 10.6 Å². The summed E-state index contributed by atoms with van der Waals surface area (Å²) < 4.78 is 10.9. The molecular weight excluding hydrogens is 340 g/mol. The van der Waals surface area contributed by atoms with Gasteiger partial charge in [0, 0.05) is 20.3 Å². The van der Waals surface area contributed by atoms with Crippen molar-refractivity contribution >= 4 is 11.9 Å². The second-order valence-corrected chi connectivity index (χ2v) is 5.43. The lowest BCUT2D eigenvalue weighted by Crippen LogP contribution is -2.33. The number of carbonyl (C=O) groups is 1. The third-order valence-corrected chi connectivity index (χ3v) is 3.67. The lowest BCUT2D eigenvalue weighted by molar-refractivity contribution is 0.104. The Bertz CT molecular complexity index is 926. The number of methoxy groups -OCH3 is 2.